The number of hydrogen-bond donors (Lipinski definition) is 1. The van der Waals surface area contributed by atoms with Crippen molar-refractivity contribution in [2.75, 3.05) is 13.2 Å². The van der Waals surface area contributed by atoms with Crippen LogP contribution < -0.4 is 5.32 Å². The number of hydrogen-bond acceptors (Lipinski definition) is 7. The first kappa shape index (κ1) is 25.0. The average molecular weight is 468 g/mol. The number of ketones is 1. The van der Waals surface area contributed by atoms with Gasteiger partial charge in [0.15, 0.2) is 5.78 Å². The second kappa shape index (κ2) is 10.5. The van der Waals surface area contributed by atoms with Crippen LogP contribution in [0.3, 0.4) is 0 Å². The van der Waals surface area contributed by atoms with Gasteiger partial charge in [-0.15, -0.1) is 0 Å². The number of alkyl carbamates (subject to hydrolysis) is 1. The van der Waals surface area contributed by atoms with Crippen LogP contribution in [0.5, 0.6) is 0 Å². The normalized spacial score (nSPS) is 13.3. The summed E-state index contributed by atoms with van der Waals surface area (Å²) in [5.41, 5.74) is 3.47. The second-order valence-electron chi connectivity index (χ2n) is 9.08. The van der Waals surface area contributed by atoms with E-state index in [1.807, 2.05) is 48.5 Å². The molecular formula is C26H29NO7. The zero-order chi connectivity index (χ0) is 24.9. The van der Waals surface area contributed by atoms with Crippen molar-refractivity contribution in [3.05, 3.63) is 59.7 Å². The molecular weight excluding hydrogens is 438 g/mol. The highest BCUT2D eigenvalue weighted by Gasteiger charge is 2.32. The number of carbonyl (C=O) groups is 4. The number of rotatable bonds is 8. The highest BCUT2D eigenvalue weighted by molar-refractivity contribution is 5.90. The molecule has 1 amide bonds. The van der Waals surface area contributed by atoms with Gasteiger partial charge in [0.05, 0.1) is 0 Å². The van der Waals surface area contributed by atoms with Crippen LogP contribution in [-0.4, -0.2) is 48.7 Å². The predicted molar refractivity (Wildman–Crippen MR) is 124 cm³/mol. The van der Waals surface area contributed by atoms with Crippen LogP contribution >= 0.6 is 0 Å². The van der Waals surface area contributed by atoms with E-state index in [-0.39, 0.29) is 12.5 Å². The minimum absolute atomic E-state index is 0.0578. The van der Waals surface area contributed by atoms with Gasteiger partial charge < -0.3 is 19.5 Å². The number of benzene rings is 2. The quantitative estimate of drug-likeness (QED) is 0.465. The highest BCUT2D eigenvalue weighted by Crippen LogP contribution is 2.44. The van der Waals surface area contributed by atoms with E-state index in [0.29, 0.717) is 0 Å². The molecule has 0 unspecified atom stereocenters. The van der Waals surface area contributed by atoms with Gasteiger partial charge in [-0.3, -0.25) is 9.59 Å². The zero-order valence-electron chi connectivity index (χ0n) is 19.8. The minimum atomic E-state index is -1.28. The molecule has 180 valence electrons. The Morgan fingerprint density at radius 2 is 1.47 bits per heavy atom. The molecule has 0 fully saturated rings. The van der Waals surface area contributed by atoms with Gasteiger partial charge in [0.25, 0.3) is 0 Å². The van der Waals surface area contributed by atoms with Crippen LogP contribution in [-0.2, 0) is 28.6 Å². The van der Waals surface area contributed by atoms with Crippen LogP contribution in [0.4, 0.5) is 4.79 Å². The Bertz CT molecular complexity index is 1040. The molecule has 0 radical (unpaired) electrons. The standard InChI is InChI=1S/C26H29NO7/c1-16(28)32-14-17(29)13-23(24(30)34-26(2,3)4)27-25(31)33-15-22-20-11-7-5-9-18(20)19-10-6-8-12-21(19)22/h5-12,22-23H,13-15H2,1-4H3,(H,27,31)/t23-/m0/s1. The largest absolute Gasteiger partial charge is 0.458 e. The van der Waals surface area contributed by atoms with Crippen LogP contribution in [0.15, 0.2) is 48.5 Å². The third kappa shape index (κ3) is 6.43. The molecule has 0 saturated heterocycles. The van der Waals surface area contributed by atoms with Crippen molar-refractivity contribution in [1.82, 2.24) is 5.32 Å². The van der Waals surface area contributed by atoms with Gasteiger partial charge in [0.2, 0.25) is 0 Å². The summed E-state index contributed by atoms with van der Waals surface area (Å²) in [4.78, 5) is 48.4. The van der Waals surface area contributed by atoms with Gasteiger partial charge in [-0.2, -0.15) is 0 Å². The fourth-order valence-electron chi connectivity index (χ4n) is 3.82. The van der Waals surface area contributed by atoms with E-state index in [1.165, 1.54) is 6.92 Å². The van der Waals surface area contributed by atoms with Crippen molar-refractivity contribution in [2.24, 2.45) is 0 Å². The Morgan fingerprint density at radius 1 is 0.912 bits per heavy atom. The first-order valence-corrected chi connectivity index (χ1v) is 11.0. The molecule has 8 nitrogen and oxygen atoms in total. The van der Waals surface area contributed by atoms with Crippen molar-refractivity contribution in [1.29, 1.82) is 0 Å². The average Bonchev–Trinajstić information content (AvgIpc) is 3.08. The zero-order valence-corrected chi connectivity index (χ0v) is 19.8. The number of fused-ring (bicyclic) bond motifs is 3. The van der Waals surface area contributed by atoms with E-state index in [1.54, 1.807) is 20.8 Å². The van der Waals surface area contributed by atoms with Crippen LogP contribution in [0.2, 0.25) is 0 Å². The Morgan fingerprint density at radius 3 is 2.00 bits per heavy atom. The number of carbonyl (C=O) groups excluding carboxylic acids is 4. The molecule has 0 aromatic heterocycles. The number of amides is 1. The lowest BCUT2D eigenvalue weighted by Crippen LogP contribution is -2.46. The Hall–Kier alpha value is -3.68. The van der Waals surface area contributed by atoms with E-state index in [2.05, 4.69) is 10.1 Å². The molecule has 0 aliphatic heterocycles. The molecule has 1 aliphatic carbocycles. The van der Waals surface area contributed by atoms with Crippen molar-refractivity contribution >= 4 is 23.8 Å². The van der Waals surface area contributed by atoms with Gasteiger partial charge in [-0.05, 0) is 43.0 Å². The van der Waals surface area contributed by atoms with Gasteiger partial charge in [0, 0.05) is 19.3 Å². The van der Waals surface area contributed by atoms with Crippen LogP contribution in [0, 0.1) is 0 Å². The van der Waals surface area contributed by atoms with E-state index >= 15 is 0 Å². The summed E-state index contributed by atoms with van der Waals surface area (Å²) < 4.78 is 15.5. The van der Waals surface area contributed by atoms with E-state index < -0.39 is 48.5 Å². The molecule has 1 atom stereocenters. The maximum Gasteiger partial charge on any atom is 0.407 e. The van der Waals surface area contributed by atoms with E-state index in [9.17, 15) is 19.2 Å². The topological polar surface area (TPSA) is 108 Å². The molecule has 3 rings (SSSR count). The van der Waals surface area contributed by atoms with E-state index in [4.69, 9.17) is 9.47 Å². The van der Waals surface area contributed by atoms with Gasteiger partial charge >= 0.3 is 18.0 Å². The molecule has 0 saturated carbocycles. The number of nitrogens with one attached hydrogen (secondary N) is 1. The molecule has 2 aromatic rings. The van der Waals surface area contributed by atoms with Crippen molar-refractivity contribution < 1.29 is 33.4 Å². The summed E-state index contributed by atoms with van der Waals surface area (Å²) in [5, 5.41) is 2.43. The molecule has 1 N–H and O–H groups in total. The van der Waals surface area contributed by atoms with Crippen molar-refractivity contribution in [2.45, 2.75) is 51.7 Å². The number of esters is 2. The van der Waals surface area contributed by atoms with Gasteiger partial charge in [0.1, 0.15) is 24.9 Å². The smallest absolute Gasteiger partial charge is 0.407 e. The Kier molecular flexibility index (Phi) is 7.71. The van der Waals surface area contributed by atoms with Crippen LogP contribution in [0.1, 0.15) is 51.2 Å². The number of Topliss-reactive ketones (excluding diaryl/α,β-unsaturated/α-hetero) is 1. The monoisotopic (exact) mass is 467 g/mol. The summed E-state index contributed by atoms with van der Waals surface area (Å²) in [6.07, 6.45) is -1.25. The lowest BCUT2D eigenvalue weighted by atomic mass is 9.98. The molecule has 0 heterocycles. The highest BCUT2D eigenvalue weighted by atomic mass is 16.6. The fourth-order valence-corrected chi connectivity index (χ4v) is 3.82. The fraction of sp³-hybridized carbons (Fsp3) is 0.385. The predicted octanol–water partition coefficient (Wildman–Crippen LogP) is 3.76. The molecule has 8 heteroatoms. The lowest BCUT2D eigenvalue weighted by molar-refractivity contribution is -0.158. The van der Waals surface area contributed by atoms with Crippen LogP contribution in [0.25, 0.3) is 11.1 Å². The maximum atomic E-state index is 12.6. The van der Waals surface area contributed by atoms with Crippen molar-refractivity contribution in [3.63, 3.8) is 0 Å². The Balaban J connectivity index is 1.67. The maximum absolute atomic E-state index is 12.6. The second-order valence-corrected chi connectivity index (χ2v) is 9.08. The summed E-state index contributed by atoms with van der Waals surface area (Å²) in [6.45, 7) is 5.76. The van der Waals surface area contributed by atoms with Crippen molar-refractivity contribution in [3.8, 4) is 11.1 Å². The molecule has 0 spiro atoms. The molecule has 34 heavy (non-hydrogen) atoms. The summed E-state index contributed by atoms with van der Waals surface area (Å²) in [7, 11) is 0. The summed E-state index contributed by atoms with van der Waals surface area (Å²) >= 11 is 0. The summed E-state index contributed by atoms with van der Waals surface area (Å²) in [5.74, 6) is -2.09. The third-order valence-electron chi connectivity index (χ3n) is 5.20. The summed E-state index contributed by atoms with van der Waals surface area (Å²) in [6, 6.07) is 14.6. The molecule has 2 aromatic carbocycles. The van der Waals surface area contributed by atoms with Gasteiger partial charge in [-0.25, -0.2) is 9.59 Å². The number of ether oxygens (including phenoxy) is 3. The first-order valence-electron chi connectivity index (χ1n) is 11.0. The van der Waals surface area contributed by atoms with E-state index in [0.717, 1.165) is 22.3 Å². The van der Waals surface area contributed by atoms with Gasteiger partial charge in [-0.1, -0.05) is 48.5 Å². The Labute approximate surface area is 198 Å². The third-order valence-corrected chi connectivity index (χ3v) is 5.20. The lowest BCUT2D eigenvalue weighted by Gasteiger charge is -2.24. The minimum Gasteiger partial charge on any atom is -0.458 e. The first-order chi connectivity index (χ1) is 16.0. The molecule has 0 bridgehead atoms. The SMILES string of the molecule is CC(=O)OCC(=O)C[C@H](NC(=O)OCC1c2ccccc2-c2ccccc21)C(=O)OC(C)(C)C. The molecule has 1 aliphatic rings.